The van der Waals surface area contributed by atoms with Gasteiger partial charge in [-0.25, -0.2) is 9.78 Å². The second kappa shape index (κ2) is 6.75. The topological polar surface area (TPSA) is 55.3 Å². The van der Waals surface area contributed by atoms with Crippen LogP contribution in [0.2, 0.25) is 0 Å². The van der Waals surface area contributed by atoms with Crippen LogP contribution in [-0.2, 0) is 4.74 Å². The van der Waals surface area contributed by atoms with Gasteiger partial charge in [0.2, 0.25) is 0 Å². The van der Waals surface area contributed by atoms with Gasteiger partial charge in [0.25, 0.3) is 0 Å². The number of hydrogen-bond acceptors (Lipinski definition) is 5. The standard InChI is InChI=1S/C19H25N3O2S/c1-12-13(2)25-17(21-12)14-8-9-15(20-11-14)16-7-6-10-22(16)18(23)24-19(3,4)5/h8-9,11,16H,6-7,10H2,1-5H3/t16-/m1/s1. The minimum Gasteiger partial charge on any atom is -0.444 e. The van der Waals surface area contributed by atoms with Crippen LogP contribution in [0.5, 0.6) is 0 Å². The van der Waals surface area contributed by atoms with E-state index in [1.165, 1.54) is 4.88 Å². The number of amides is 1. The number of thiazole rings is 1. The van der Waals surface area contributed by atoms with Crippen LogP contribution in [0.15, 0.2) is 18.3 Å². The highest BCUT2D eigenvalue weighted by Crippen LogP contribution is 2.33. The van der Waals surface area contributed by atoms with Crippen LogP contribution in [0.3, 0.4) is 0 Å². The number of rotatable bonds is 2. The summed E-state index contributed by atoms with van der Waals surface area (Å²) in [6.07, 6.45) is 3.49. The Morgan fingerprint density at radius 1 is 1.32 bits per heavy atom. The molecule has 2 aromatic rings. The molecule has 0 spiro atoms. The third kappa shape index (κ3) is 4.00. The van der Waals surface area contributed by atoms with Crippen molar-refractivity contribution in [1.29, 1.82) is 0 Å². The van der Waals surface area contributed by atoms with E-state index in [0.29, 0.717) is 6.54 Å². The number of ether oxygens (including phenoxy) is 1. The zero-order chi connectivity index (χ0) is 18.2. The molecular weight excluding hydrogens is 334 g/mol. The largest absolute Gasteiger partial charge is 0.444 e. The Kier molecular flexibility index (Phi) is 4.82. The molecule has 3 heterocycles. The summed E-state index contributed by atoms with van der Waals surface area (Å²) < 4.78 is 5.53. The summed E-state index contributed by atoms with van der Waals surface area (Å²) in [5.74, 6) is 0. The van der Waals surface area contributed by atoms with Gasteiger partial charge >= 0.3 is 6.09 Å². The van der Waals surface area contributed by atoms with Crippen molar-refractivity contribution in [3.05, 3.63) is 34.6 Å². The average Bonchev–Trinajstić information content (AvgIpc) is 3.13. The van der Waals surface area contributed by atoms with E-state index < -0.39 is 5.60 Å². The molecule has 0 aliphatic carbocycles. The molecular formula is C19H25N3O2S. The molecule has 25 heavy (non-hydrogen) atoms. The van der Waals surface area contributed by atoms with Gasteiger partial charge in [-0.3, -0.25) is 9.88 Å². The Morgan fingerprint density at radius 2 is 2.08 bits per heavy atom. The summed E-state index contributed by atoms with van der Waals surface area (Å²) in [6.45, 7) is 10.5. The molecule has 0 bridgehead atoms. The van der Waals surface area contributed by atoms with Gasteiger partial charge in [-0.1, -0.05) is 0 Å². The molecule has 5 nitrogen and oxygen atoms in total. The van der Waals surface area contributed by atoms with Gasteiger partial charge in [-0.05, 0) is 59.6 Å². The quantitative estimate of drug-likeness (QED) is 0.766. The Hall–Kier alpha value is -1.95. The Labute approximate surface area is 153 Å². The van der Waals surface area contributed by atoms with Crippen LogP contribution in [-0.4, -0.2) is 33.1 Å². The van der Waals surface area contributed by atoms with Gasteiger partial charge in [0.1, 0.15) is 10.6 Å². The van der Waals surface area contributed by atoms with Crippen molar-refractivity contribution >= 4 is 17.4 Å². The molecule has 1 aliphatic heterocycles. The number of likely N-dealkylation sites (tertiary alicyclic amines) is 1. The van der Waals surface area contributed by atoms with Crippen molar-refractivity contribution in [2.24, 2.45) is 0 Å². The van der Waals surface area contributed by atoms with Crippen LogP contribution in [0.4, 0.5) is 4.79 Å². The third-order valence-electron chi connectivity index (χ3n) is 4.28. The Balaban J connectivity index is 1.78. The number of nitrogens with zero attached hydrogens (tertiary/aromatic N) is 3. The summed E-state index contributed by atoms with van der Waals surface area (Å²) in [5, 5.41) is 0.990. The lowest BCUT2D eigenvalue weighted by molar-refractivity contribution is 0.0221. The molecule has 0 aromatic carbocycles. The van der Waals surface area contributed by atoms with Crippen LogP contribution in [0.25, 0.3) is 10.6 Å². The monoisotopic (exact) mass is 359 g/mol. The van der Waals surface area contributed by atoms with Crippen molar-refractivity contribution < 1.29 is 9.53 Å². The molecule has 0 radical (unpaired) electrons. The lowest BCUT2D eigenvalue weighted by atomic mass is 10.1. The van der Waals surface area contributed by atoms with E-state index in [1.807, 2.05) is 46.0 Å². The zero-order valence-corrected chi connectivity index (χ0v) is 16.3. The van der Waals surface area contributed by atoms with E-state index >= 15 is 0 Å². The zero-order valence-electron chi connectivity index (χ0n) is 15.5. The third-order valence-corrected chi connectivity index (χ3v) is 5.41. The summed E-state index contributed by atoms with van der Waals surface area (Å²) in [7, 11) is 0. The number of carbonyl (C=O) groups excluding carboxylic acids is 1. The van der Waals surface area contributed by atoms with E-state index in [1.54, 1.807) is 16.2 Å². The van der Waals surface area contributed by atoms with E-state index in [0.717, 1.165) is 34.8 Å². The van der Waals surface area contributed by atoms with Gasteiger partial charge < -0.3 is 4.74 Å². The maximum atomic E-state index is 12.4. The first-order valence-corrected chi connectivity index (χ1v) is 9.46. The fourth-order valence-electron chi connectivity index (χ4n) is 2.94. The maximum absolute atomic E-state index is 12.4. The Bertz CT molecular complexity index is 742. The molecule has 0 N–H and O–H groups in total. The number of aryl methyl sites for hydroxylation is 2. The fraction of sp³-hybridized carbons (Fsp3) is 0.526. The molecule has 0 unspecified atom stereocenters. The summed E-state index contributed by atoms with van der Waals surface area (Å²) in [5.41, 5.74) is 2.52. The first-order chi connectivity index (χ1) is 11.7. The summed E-state index contributed by atoms with van der Waals surface area (Å²) in [4.78, 5) is 24.7. The molecule has 1 amide bonds. The lowest BCUT2D eigenvalue weighted by Crippen LogP contribution is -2.36. The number of pyridine rings is 1. The van der Waals surface area contributed by atoms with Crippen molar-refractivity contribution in [1.82, 2.24) is 14.9 Å². The normalized spacial score (nSPS) is 17.8. The number of aromatic nitrogens is 2. The van der Waals surface area contributed by atoms with Gasteiger partial charge in [0, 0.05) is 23.2 Å². The second-order valence-corrected chi connectivity index (χ2v) is 8.67. The van der Waals surface area contributed by atoms with E-state index in [2.05, 4.69) is 16.9 Å². The number of carbonyl (C=O) groups is 1. The first-order valence-electron chi connectivity index (χ1n) is 8.64. The van der Waals surface area contributed by atoms with Crippen LogP contribution < -0.4 is 0 Å². The minimum absolute atomic E-state index is 0.0105. The average molecular weight is 359 g/mol. The fourth-order valence-corrected chi connectivity index (χ4v) is 3.84. The SMILES string of the molecule is Cc1nc(-c2ccc([C@H]3CCCN3C(=O)OC(C)(C)C)nc2)sc1C. The highest BCUT2D eigenvalue weighted by molar-refractivity contribution is 7.15. The highest BCUT2D eigenvalue weighted by atomic mass is 32.1. The molecule has 6 heteroatoms. The van der Waals surface area contributed by atoms with Crippen molar-refractivity contribution in [2.45, 2.75) is 59.1 Å². The van der Waals surface area contributed by atoms with E-state index in [9.17, 15) is 4.79 Å². The molecule has 1 fully saturated rings. The predicted octanol–water partition coefficient (Wildman–Crippen LogP) is 4.89. The molecule has 1 saturated heterocycles. The first kappa shape index (κ1) is 17.9. The van der Waals surface area contributed by atoms with Crippen LogP contribution in [0, 0.1) is 13.8 Å². The molecule has 0 saturated carbocycles. The van der Waals surface area contributed by atoms with Gasteiger partial charge in [0.15, 0.2) is 0 Å². The molecule has 3 rings (SSSR count). The second-order valence-electron chi connectivity index (χ2n) is 7.46. The van der Waals surface area contributed by atoms with Crippen LogP contribution in [0.1, 0.15) is 55.9 Å². The Morgan fingerprint density at radius 3 is 2.64 bits per heavy atom. The van der Waals surface area contributed by atoms with E-state index in [-0.39, 0.29) is 12.1 Å². The van der Waals surface area contributed by atoms with Gasteiger partial charge in [-0.15, -0.1) is 11.3 Å². The maximum Gasteiger partial charge on any atom is 0.410 e. The van der Waals surface area contributed by atoms with Crippen LogP contribution >= 0.6 is 11.3 Å². The molecule has 134 valence electrons. The number of hydrogen-bond donors (Lipinski definition) is 0. The van der Waals surface area contributed by atoms with Crippen molar-refractivity contribution in [3.8, 4) is 10.6 Å². The predicted molar refractivity (Wildman–Crippen MR) is 99.7 cm³/mol. The minimum atomic E-state index is -0.484. The van der Waals surface area contributed by atoms with E-state index in [4.69, 9.17) is 4.74 Å². The highest BCUT2D eigenvalue weighted by Gasteiger charge is 2.33. The molecule has 2 aromatic heterocycles. The lowest BCUT2D eigenvalue weighted by Gasteiger charge is -2.28. The summed E-state index contributed by atoms with van der Waals surface area (Å²) >= 11 is 1.68. The van der Waals surface area contributed by atoms with Gasteiger partial charge in [-0.2, -0.15) is 0 Å². The van der Waals surface area contributed by atoms with Gasteiger partial charge in [0.05, 0.1) is 17.4 Å². The smallest absolute Gasteiger partial charge is 0.410 e. The summed E-state index contributed by atoms with van der Waals surface area (Å²) in [6, 6.07) is 4.05. The molecule has 1 atom stereocenters. The molecule has 1 aliphatic rings. The van der Waals surface area contributed by atoms with Crippen molar-refractivity contribution in [2.75, 3.05) is 6.54 Å². The van der Waals surface area contributed by atoms with Crippen molar-refractivity contribution in [3.63, 3.8) is 0 Å².